The third kappa shape index (κ3) is 5.19. The second-order valence-corrected chi connectivity index (χ2v) is 6.85. The molecule has 0 aliphatic rings. The molecule has 0 saturated heterocycles. The summed E-state index contributed by atoms with van der Waals surface area (Å²) in [6.45, 7) is 0.385. The SMILES string of the molecule is CN(C)[C@@H](CNC(=O)CNC(=O)c1ccc(Br)o1)c1cccs1. The quantitative estimate of drug-likeness (QED) is 0.748. The summed E-state index contributed by atoms with van der Waals surface area (Å²) in [5.41, 5.74) is 0. The summed E-state index contributed by atoms with van der Waals surface area (Å²) in [6.07, 6.45) is 0. The second-order valence-electron chi connectivity index (χ2n) is 5.09. The summed E-state index contributed by atoms with van der Waals surface area (Å²) in [6, 6.07) is 7.29. The van der Waals surface area contributed by atoms with Crippen molar-refractivity contribution >= 4 is 39.1 Å². The fraction of sp³-hybridized carbons (Fsp3) is 0.333. The average molecular weight is 400 g/mol. The minimum Gasteiger partial charge on any atom is -0.444 e. The molecule has 124 valence electrons. The lowest BCUT2D eigenvalue weighted by atomic mass is 10.2. The number of amides is 2. The number of likely N-dealkylation sites (N-methyl/N-ethyl adjacent to an activating group) is 1. The Balaban J connectivity index is 1.79. The lowest BCUT2D eigenvalue weighted by Crippen LogP contribution is -2.40. The van der Waals surface area contributed by atoms with Gasteiger partial charge >= 0.3 is 0 Å². The molecule has 0 spiro atoms. The number of hydrogen-bond donors (Lipinski definition) is 2. The lowest BCUT2D eigenvalue weighted by molar-refractivity contribution is -0.120. The van der Waals surface area contributed by atoms with Crippen LogP contribution in [0, 0.1) is 0 Å². The van der Waals surface area contributed by atoms with Crippen LogP contribution in [0.1, 0.15) is 21.5 Å². The molecule has 23 heavy (non-hydrogen) atoms. The largest absolute Gasteiger partial charge is 0.444 e. The smallest absolute Gasteiger partial charge is 0.287 e. The van der Waals surface area contributed by atoms with Gasteiger partial charge in [-0.15, -0.1) is 11.3 Å². The molecule has 6 nitrogen and oxygen atoms in total. The molecular weight excluding hydrogens is 382 g/mol. The predicted molar refractivity (Wildman–Crippen MR) is 92.5 cm³/mol. The standard InChI is InChI=1S/C15H18BrN3O3S/c1-19(2)10(12-4-3-7-23-12)8-17-14(20)9-18-15(21)11-5-6-13(16)22-11/h3-7,10H,8-9H2,1-2H3,(H,17,20)(H,18,21)/t10-/m0/s1. The van der Waals surface area contributed by atoms with E-state index >= 15 is 0 Å². The lowest BCUT2D eigenvalue weighted by Gasteiger charge is -2.23. The van der Waals surface area contributed by atoms with Gasteiger partial charge in [0.1, 0.15) is 0 Å². The van der Waals surface area contributed by atoms with E-state index in [1.807, 2.05) is 36.5 Å². The van der Waals surface area contributed by atoms with Gasteiger partial charge in [-0.1, -0.05) is 6.07 Å². The molecule has 0 aliphatic carbocycles. The molecule has 0 fully saturated rings. The van der Waals surface area contributed by atoms with Crippen LogP contribution in [0.4, 0.5) is 0 Å². The highest BCUT2D eigenvalue weighted by atomic mass is 79.9. The fourth-order valence-corrected chi connectivity index (χ4v) is 3.20. The zero-order valence-electron chi connectivity index (χ0n) is 12.8. The van der Waals surface area contributed by atoms with Crippen molar-refractivity contribution in [2.45, 2.75) is 6.04 Å². The van der Waals surface area contributed by atoms with E-state index < -0.39 is 5.91 Å². The highest BCUT2D eigenvalue weighted by Crippen LogP contribution is 2.22. The van der Waals surface area contributed by atoms with Gasteiger partial charge in [0.25, 0.3) is 5.91 Å². The summed E-state index contributed by atoms with van der Waals surface area (Å²) in [7, 11) is 3.93. The first-order chi connectivity index (χ1) is 11.0. The van der Waals surface area contributed by atoms with Gasteiger partial charge in [-0.3, -0.25) is 9.59 Å². The van der Waals surface area contributed by atoms with Crippen molar-refractivity contribution in [3.8, 4) is 0 Å². The number of hydrogen-bond acceptors (Lipinski definition) is 5. The first-order valence-electron chi connectivity index (χ1n) is 6.97. The van der Waals surface area contributed by atoms with Crippen LogP contribution in [0.15, 0.2) is 38.7 Å². The number of nitrogens with one attached hydrogen (secondary N) is 2. The van der Waals surface area contributed by atoms with Gasteiger partial charge in [0.15, 0.2) is 10.4 Å². The van der Waals surface area contributed by atoms with E-state index in [4.69, 9.17) is 4.42 Å². The monoisotopic (exact) mass is 399 g/mol. The maximum atomic E-state index is 11.9. The van der Waals surface area contributed by atoms with Crippen molar-refractivity contribution in [2.75, 3.05) is 27.2 Å². The van der Waals surface area contributed by atoms with E-state index in [2.05, 4.69) is 26.6 Å². The minimum absolute atomic E-state index is 0.0955. The van der Waals surface area contributed by atoms with Crippen LogP contribution in [-0.2, 0) is 4.79 Å². The van der Waals surface area contributed by atoms with Gasteiger partial charge in [0.2, 0.25) is 5.91 Å². The maximum absolute atomic E-state index is 11.9. The summed E-state index contributed by atoms with van der Waals surface area (Å²) in [5.74, 6) is -0.505. The number of nitrogens with zero attached hydrogens (tertiary/aromatic N) is 1. The fourth-order valence-electron chi connectivity index (χ4n) is 1.98. The Hall–Kier alpha value is -1.64. The first-order valence-corrected chi connectivity index (χ1v) is 8.64. The molecule has 2 rings (SSSR count). The van der Waals surface area contributed by atoms with Crippen molar-refractivity contribution in [3.63, 3.8) is 0 Å². The third-order valence-electron chi connectivity index (χ3n) is 3.19. The van der Waals surface area contributed by atoms with E-state index in [0.29, 0.717) is 11.2 Å². The molecule has 0 saturated carbocycles. The molecular formula is C15H18BrN3O3S. The number of carbonyl (C=O) groups excluding carboxylic acids is 2. The number of furan rings is 1. The van der Waals surface area contributed by atoms with Crippen LogP contribution < -0.4 is 10.6 Å². The molecule has 2 N–H and O–H groups in total. The van der Waals surface area contributed by atoms with Gasteiger partial charge in [-0.2, -0.15) is 0 Å². The van der Waals surface area contributed by atoms with Crippen LogP contribution >= 0.6 is 27.3 Å². The molecule has 8 heteroatoms. The van der Waals surface area contributed by atoms with Crippen molar-refractivity contribution in [1.29, 1.82) is 0 Å². The minimum atomic E-state index is -0.423. The molecule has 2 heterocycles. The van der Waals surface area contributed by atoms with Crippen LogP contribution in [0.3, 0.4) is 0 Å². The van der Waals surface area contributed by atoms with Crippen molar-refractivity contribution in [3.05, 3.63) is 45.0 Å². The van der Waals surface area contributed by atoms with Gasteiger partial charge in [-0.05, 0) is 53.6 Å². The molecule has 1 atom stereocenters. The molecule has 0 aliphatic heterocycles. The Labute approximate surface area is 147 Å². The van der Waals surface area contributed by atoms with Crippen LogP contribution in [-0.4, -0.2) is 43.9 Å². The number of thiophene rings is 1. The zero-order chi connectivity index (χ0) is 16.8. The molecule has 0 aromatic carbocycles. The topological polar surface area (TPSA) is 74.6 Å². The summed E-state index contributed by atoms with van der Waals surface area (Å²) >= 11 is 4.77. The Morgan fingerprint density at radius 3 is 2.65 bits per heavy atom. The van der Waals surface area contributed by atoms with Gasteiger partial charge in [0, 0.05) is 11.4 Å². The highest BCUT2D eigenvalue weighted by molar-refractivity contribution is 9.10. The van der Waals surface area contributed by atoms with E-state index in [0.717, 1.165) is 0 Å². The summed E-state index contributed by atoms with van der Waals surface area (Å²) in [4.78, 5) is 26.9. The number of carbonyl (C=O) groups is 2. The van der Waals surface area contributed by atoms with Gasteiger partial charge < -0.3 is 20.0 Å². The first kappa shape index (κ1) is 17.7. The van der Waals surface area contributed by atoms with Crippen LogP contribution in [0.5, 0.6) is 0 Å². The highest BCUT2D eigenvalue weighted by Gasteiger charge is 2.17. The molecule has 0 bridgehead atoms. The van der Waals surface area contributed by atoms with E-state index in [-0.39, 0.29) is 24.3 Å². The molecule has 0 radical (unpaired) electrons. The van der Waals surface area contributed by atoms with Crippen LogP contribution in [0.25, 0.3) is 0 Å². The maximum Gasteiger partial charge on any atom is 0.287 e. The number of halogens is 1. The summed E-state index contributed by atoms with van der Waals surface area (Å²) in [5, 5.41) is 7.37. The Morgan fingerprint density at radius 2 is 2.09 bits per heavy atom. The van der Waals surface area contributed by atoms with Crippen molar-refractivity contribution < 1.29 is 14.0 Å². The van der Waals surface area contributed by atoms with Gasteiger partial charge in [0.05, 0.1) is 12.6 Å². The third-order valence-corrected chi connectivity index (χ3v) is 4.59. The molecule has 2 aromatic heterocycles. The van der Waals surface area contributed by atoms with Crippen molar-refractivity contribution in [2.24, 2.45) is 0 Å². The Morgan fingerprint density at radius 1 is 1.30 bits per heavy atom. The average Bonchev–Trinajstić information content (AvgIpc) is 3.16. The van der Waals surface area contributed by atoms with E-state index in [1.165, 1.54) is 10.9 Å². The second kappa shape index (κ2) is 8.28. The molecule has 2 amide bonds. The van der Waals surface area contributed by atoms with Crippen LogP contribution in [0.2, 0.25) is 0 Å². The zero-order valence-corrected chi connectivity index (χ0v) is 15.2. The molecule has 0 unspecified atom stereocenters. The number of rotatable bonds is 7. The predicted octanol–water partition coefficient (Wildman–Crippen LogP) is 2.25. The normalized spacial score (nSPS) is 12.2. The summed E-state index contributed by atoms with van der Waals surface area (Å²) < 4.78 is 5.59. The van der Waals surface area contributed by atoms with E-state index in [9.17, 15) is 9.59 Å². The Bertz CT molecular complexity index is 655. The van der Waals surface area contributed by atoms with Crippen molar-refractivity contribution in [1.82, 2.24) is 15.5 Å². The molecule has 2 aromatic rings. The van der Waals surface area contributed by atoms with E-state index in [1.54, 1.807) is 17.4 Å². The van der Waals surface area contributed by atoms with Gasteiger partial charge in [-0.25, -0.2) is 0 Å². The Kier molecular flexibility index (Phi) is 6.37.